The van der Waals surface area contributed by atoms with Crippen molar-refractivity contribution in [3.8, 4) is 0 Å². The van der Waals surface area contributed by atoms with Crippen LogP contribution in [0.1, 0.15) is 10.4 Å². The molecule has 2 heterocycles. The number of benzene rings is 1. The SMILES string of the molecule is O=C(O)C1CS(=O)(=O)CCN1C(=O)c1cccc2ccncc12. The fourth-order valence-electron chi connectivity index (χ4n) is 2.71. The molecule has 1 aromatic carbocycles. The lowest BCUT2D eigenvalue weighted by Crippen LogP contribution is -2.54. The van der Waals surface area contributed by atoms with E-state index in [0.717, 1.165) is 10.3 Å². The van der Waals surface area contributed by atoms with Crippen molar-refractivity contribution in [1.82, 2.24) is 9.88 Å². The highest BCUT2D eigenvalue weighted by molar-refractivity contribution is 7.91. The second kappa shape index (κ2) is 5.62. The van der Waals surface area contributed by atoms with Gasteiger partial charge in [0.05, 0.1) is 11.5 Å². The molecular formula is C15H14N2O5S. The molecule has 1 fully saturated rings. The fourth-order valence-corrected chi connectivity index (χ4v) is 4.15. The summed E-state index contributed by atoms with van der Waals surface area (Å²) in [7, 11) is -3.46. The van der Waals surface area contributed by atoms with Gasteiger partial charge in [-0.1, -0.05) is 12.1 Å². The molecule has 1 unspecified atom stereocenters. The van der Waals surface area contributed by atoms with Crippen LogP contribution in [0.3, 0.4) is 0 Å². The zero-order valence-corrected chi connectivity index (χ0v) is 12.9. The summed E-state index contributed by atoms with van der Waals surface area (Å²) in [4.78, 5) is 29.3. The van der Waals surface area contributed by atoms with Crippen LogP contribution in [0.2, 0.25) is 0 Å². The molecule has 0 bridgehead atoms. The molecule has 120 valence electrons. The predicted octanol–water partition coefficient (Wildman–Crippen LogP) is 0.559. The summed E-state index contributed by atoms with van der Waals surface area (Å²) in [6, 6.07) is 5.50. The van der Waals surface area contributed by atoms with Crippen LogP contribution in [0.15, 0.2) is 36.7 Å². The molecule has 0 aliphatic carbocycles. The average molecular weight is 334 g/mol. The van der Waals surface area contributed by atoms with Gasteiger partial charge < -0.3 is 10.0 Å². The van der Waals surface area contributed by atoms with Gasteiger partial charge in [-0.15, -0.1) is 0 Å². The Bertz CT molecular complexity index is 888. The van der Waals surface area contributed by atoms with Crippen LogP contribution < -0.4 is 0 Å². The molecular weight excluding hydrogens is 320 g/mol. The summed E-state index contributed by atoms with van der Waals surface area (Å²) in [6.45, 7) is -0.130. The van der Waals surface area contributed by atoms with Crippen molar-refractivity contribution in [3.05, 3.63) is 42.2 Å². The van der Waals surface area contributed by atoms with Crippen LogP contribution in [0.4, 0.5) is 0 Å². The van der Waals surface area contributed by atoms with E-state index in [1.165, 1.54) is 0 Å². The van der Waals surface area contributed by atoms with Crippen molar-refractivity contribution in [2.45, 2.75) is 6.04 Å². The first-order valence-electron chi connectivity index (χ1n) is 6.96. The quantitative estimate of drug-likeness (QED) is 0.860. The van der Waals surface area contributed by atoms with Gasteiger partial charge >= 0.3 is 5.97 Å². The Labute approximate surface area is 132 Å². The Balaban J connectivity index is 2.03. The Hall–Kier alpha value is -2.48. The van der Waals surface area contributed by atoms with Gasteiger partial charge in [0.2, 0.25) is 0 Å². The largest absolute Gasteiger partial charge is 0.480 e. The number of carbonyl (C=O) groups is 2. The molecule has 23 heavy (non-hydrogen) atoms. The minimum atomic E-state index is -3.46. The topological polar surface area (TPSA) is 105 Å². The number of aromatic nitrogens is 1. The second-order valence-electron chi connectivity index (χ2n) is 5.37. The Morgan fingerprint density at radius 3 is 2.78 bits per heavy atom. The van der Waals surface area contributed by atoms with Crippen molar-refractivity contribution < 1.29 is 23.1 Å². The van der Waals surface area contributed by atoms with Gasteiger partial charge in [-0.2, -0.15) is 0 Å². The normalized spacial score (nSPS) is 20.3. The maximum absolute atomic E-state index is 12.8. The highest BCUT2D eigenvalue weighted by Gasteiger charge is 2.39. The van der Waals surface area contributed by atoms with Crippen LogP contribution in [0, 0.1) is 0 Å². The Kier molecular flexibility index (Phi) is 3.77. The lowest BCUT2D eigenvalue weighted by molar-refractivity contribution is -0.141. The fraction of sp³-hybridized carbons (Fsp3) is 0.267. The van der Waals surface area contributed by atoms with Crippen molar-refractivity contribution in [3.63, 3.8) is 0 Å². The van der Waals surface area contributed by atoms with Crippen molar-refractivity contribution in [2.75, 3.05) is 18.1 Å². The number of amides is 1. The summed E-state index contributed by atoms with van der Waals surface area (Å²) < 4.78 is 23.3. The van der Waals surface area contributed by atoms with Crippen LogP contribution in [0.5, 0.6) is 0 Å². The minimum Gasteiger partial charge on any atom is -0.480 e. The molecule has 1 amide bonds. The summed E-state index contributed by atoms with van der Waals surface area (Å²) in [5.74, 6) is -2.60. The van der Waals surface area contributed by atoms with Gasteiger partial charge in [-0.05, 0) is 17.5 Å². The molecule has 1 aliphatic rings. The van der Waals surface area contributed by atoms with E-state index in [4.69, 9.17) is 0 Å². The molecule has 3 rings (SSSR count). The van der Waals surface area contributed by atoms with Gasteiger partial charge in [-0.3, -0.25) is 9.78 Å². The molecule has 7 nitrogen and oxygen atoms in total. The molecule has 8 heteroatoms. The monoisotopic (exact) mass is 334 g/mol. The molecule has 1 aromatic heterocycles. The highest BCUT2D eigenvalue weighted by atomic mass is 32.2. The van der Waals surface area contributed by atoms with E-state index >= 15 is 0 Å². The summed E-state index contributed by atoms with van der Waals surface area (Å²) >= 11 is 0. The van der Waals surface area contributed by atoms with E-state index in [2.05, 4.69) is 4.98 Å². The van der Waals surface area contributed by atoms with E-state index in [1.807, 2.05) is 6.07 Å². The van der Waals surface area contributed by atoms with Crippen LogP contribution in [-0.4, -0.2) is 59.4 Å². The summed E-state index contributed by atoms with van der Waals surface area (Å²) in [5.41, 5.74) is 0.321. The third-order valence-electron chi connectivity index (χ3n) is 3.89. The smallest absolute Gasteiger partial charge is 0.327 e. The molecule has 1 saturated heterocycles. The van der Waals surface area contributed by atoms with E-state index < -0.39 is 33.5 Å². The minimum absolute atomic E-state index is 0.130. The van der Waals surface area contributed by atoms with E-state index in [9.17, 15) is 23.1 Å². The number of carboxylic acids is 1. The molecule has 0 saturated carbocycles. The number of rotatable bonds is 2. The number of fused-ring (bicyclic) bond motifs is 1. The lowest BCUT2D eigenvalue weighted by atomic mass is 10.0. The molecule has 1 atom stereocenters. The molecule has 1 aliphatic heterocycles. The summed E-state index contributed by atoms with van der Waals surface area (Å²) in [6.07, 6.45) is 3.14. The average Bonchev–Trinajstić information content (AvgIpc) is 2.53. The maximum atomic E-state index is 12.8. The van der Waals surface area contributed by atoms with Gasteiger partial charge in [0.25, 0.3) is 5.91 Å². The number of pyridine rings is 1. The van der Waals surface area contributed by atoms with Crippen LogP contribution >= 0.6 is 0 Å². The standard InChI is InChI=1S/C15H14N2O5S/c18-14(11-3-1-2-10-4-5-16-8-12(10)11)17-6-7-23(21,22)9-13(17)15(19)20/h1-5,8,13H,6-7,9H2,(H,19,20). The first kappa shape index (κ1) is 15.4. The van der Waals surface area contributed by atoms with Gasteiger partial charge in [0, 0.05) is 29.9 Å². The van der Waals surface area contributed by atoms with E-state index in [1.54, 1.807) is 30.6 Å². The van der Waals surface area contributed by atoms with Crippen LogP contribution in [0.25, 0.3) is 10.8 Å². The zero-order valence-electron chi connectivity index (χ0n) is 12.0. The number of hydrogen-bond acceptors (Lipinski definition) is 5. The maximum Gasteiger partial charge on any atom is 0.327 e. The molecule has 0 radical (unpaired) electrons. The Morgan fingerprint density at radius 2 is 2.04 bits per heavy atom. The first-order chi connectivity index (χ1) is 10.9. The van der Waals surface area contributed by atoms with Crippen molar-refractivity contribution in [2.24, 2.45) is 0 Å². The summed E-state index contributed by atoms with van der Waals surface area (Å²) in [5, 5.41) is 10.7. The highest BCUT2D eigenvalue weighted by Crippen LogP contribution is 2.22. The Morgan fingerprint density at radius 1 is 1.26 bits per heavy atom. The number of sulfone groups is 1. The van der Waals surface area contributed by atoms with E-state index in [-0.39, 0.29) is 12.3 Å². The molecule has 1 N–H and O–H groups in total. The van der Waals surface area contributed by atoms with E-state index in [0.29, 0.717) is 10.9 Å². The number of carbonyl (C=O) groups excluding carboxylic acids is 1. The van der Waals surface area contributed by atoms with Gasteiger partial charge in [0.15, 0.2) is 9.84 Å². The van der Waals surface area contributed by atoms with Gasteiger partial charge in [0.1, 0.15) is 6.04 Å². The number of carboxylic acid groups (broad SMARTS) is 1. The second-order valence-corrected chi connectivity index (χ2v) is 7.60. The lowest BCUT2D eigenvalue weighted by Gasteiger charge is -2.33. The predicted molar refractivity (Wildman–Crippen MR) is 82.9 cm³/mol. The number of nitrogens with zero attached hydrogens (tertiary/aromatic N) is 2. The zero-order chi connectivity index (χ0) is 16.6. The molecule has 0 spiro atoms. The van der Waals surface area contributed by atoms with Crippen molar-refractivity contribution in [1.29, 1.82) is 0 Å². The van der Waals surface area contributed by atoms with Gasteiger partial charge in [-0.25, -0.2) is 13.2 Å². The number of hydrogen-bond donors (Lipinski definition) is 1. The number of aliphatic carboxylic acids is 1. The molecule has 2 aromatic rings. The van der Waals surface area contributed by atoms with Crippen molar-refractivity contribution >= 4 is 32.5 Å². The first-order valence-corrected chi connectivity index (χ1v) is 8.78. The third-order valence-corrected chi connectivity index (χ3v) is 5.52. The third kappa shape index (κ3) is 2.89. The van der Waals surface area contributed by atoms with Crippen LogP contribution in [-0.2, 0) is 14.6 Å².